The molecule has 3 rings (SSSR count). The molecule has 0 amide bonds. The predicted octanol–water partition coefficient (Wildman–Crippen LogP) is 3.59. The van der Waals surface area contributed by atoms with E-state index in [1.165, 1.54) is 30.6 Å². The van der Waals surface area contributed by atoms with Gasteiger partial charge >= 0.3 is 5.97 Å². The third kappa shape index (κ3) is 2.32. The number of aromatic nitrogens is 1. The number of carboxylic acids is 1. The lowest BCUT2D eigenvalue weighted by molar-refractivity contribution is 0.0700. The number of aromatic carboxylic acids is 1. The molecule has 1 saturated heterocycles. The maximum Gasteiger partial charge on any atom is 0.347 e. The number of anilines is 1. The lowest BCUT2D eigenvalue weighted by Gasteiger charge is -2.15. The first-order valence-electron chi connectivity index (χ1n) is 7.59. The van der Waals surface area contributed by atoms with Crippen molar-refractivity contribution in [3.63, 3.8) is 0 Å². The summed E-state index contributed by atoms with van der Waals surface area (Å²) in [4.78, 5) is 18.8. The topological polar surface area (TPSA) is 53.4 Å². The van der Waals surface area contributed by atoms with Crippen LogP contribution in [-0.2, 0) is 0 Å². The van der Waals surface area contributed by atoms with Crippen LogP contribution in [0.3, 0.4) is 0 Å². The van der Waals surface area contributed by atoms with Crippen molar-refractivity contribution in [1.29, 1.82) is 0 Å². The summed E-state index contributed by atoms with van der Waals surface area (Å²) < 4.78 is 0. The standard InChI is InChI=1S/C15H22N2O2S/c1-3-9(2)12-13(14(18)19)20-15(16-12)17-7-10-5-4-6-11(10)8-17/h9-11H,3-8H2,1-2H3,(H,18,19). The van der Waals surface area contributed by atoms with E-state index >= 15 is 0 Å². The minimum absolute atomic E-state index is 0.216. The molecule has 5 heteroatoms. The van der Waals surface area contributed by atoms with Crippen LogP contribution >= 0.6 is 11.3 Å². The molecule has 1 aromatic rings. The Morgan fingerprint density at radius 3 is 2.65 bits per heavy atom. The summed E-state index contributed by atoms with van der Waals surface area (Å²) in [5, 5.41) is 10.3. The van der Waals surface area contributed by atoms with E-state index in [-0.39, 0.29) is 5.92 Å². The van der Waals surface area contributed by atoms with Gasteiger partial charge < -0.3 is 10.0 Å². The molecule has 0 aromatic carbocycles. The van der Waals surface area contributed by atoms with E-state index in [4.69, 9.17) is 0 Å². The smallest absolute Gasteiger partial charge is 0.347 e. The molecular formula is C15H22N2O2S. The Kier molecular flexibility index (Phi) is 3.71. The monoisotopic (exact) mass is 294 g/mol. The third-order valence-electron chi connectivity index (χ3n) is 4.91. The molecule has 3 atom stereocenters. The zero-order valence-corrected chi connectivity index (χ0v) is 12.9. The fourth-order valence-corrected chi connectivity index (χ4v) is 4.57. The average Bonchev–Trinajstić information content (AvgIpc) is 3.09. The second kappa shape index (κ2) is 5.35. The zero-order valence-electron chi connectivity index (χ0n) is 12.1. The number of carboxylic acid groups (broad SMARTS) is 1. The summed E-state index contributed by atoms with van der Waals surface area (Å²) in [5.74, 6) is 0.995. The van der Waals surface area contributed by atoms with Crippen LogP contribution in [0.15, 0.2) is 0 Å². The molecule has 2 aliphatic rings. The van der Waals surface area contributed by atoms with Crippen LogP contribution in [0.25, 0.3) is 0 Å². The number of thiazole rings is 1. The van der Waals surface area contributed by atoms with E-state index < -0.39 is 5.97 Å². The molecule has 110 valence electrons. The molecule has 2 heterocycles. The van der Waals surface area contributed by atoms with E-state index in [2.05, 4.69) is 23.7 Å². The van der Waals surface area contributed by atoms with Gasteiger partial charge in [0.05, 0.1) is 5.69 Å². The molecule has 20 heavy (non-hydrogen) atoms. The molecule has 4 nitrogen and oxygen atoms in total. The van der Waals surface area contributed by atoms with Crippen molar-refractivity contribution in [2.45, 2.75) is 45.4 Å². The van der Waals surface area contributed by atoms with Gasteiger partial charge in [-0.1, -0.05) is 31.6 Å². The Labute approximate surface area is 123 Å². The van der Waals surface area contributed by atoms with Crippen molar-refractivity contribution in [3.8, 4) is 0 Å². The fraction of sp³-hybridized carbons (Fsp3) is 0.733. The molecular weight excluding hydrogens is 272 g/mol. The van der Waals surface area contributed by atoms with Gasteiger partial charge in [-0.25, -0.2) is 9.78 Å². The first-order valence-corrected chi connectivity index (χ1v) is 8.40. The van der Waals surface area contributed by atoms with Crippen LogP contribution in [0, 0.1) is 11.8 Å². The molecule has 1 saturated carbocycles. The molecule has 1 aromatic heterocycles. The normalized spacial score (nSPS) is 26.8. The Hall–Kier alpha value is -1.10. The lowest BCUT2D eigenvalue weighted by atomic mass is 10.0. The highest BCUT2D eigenvalue weighted by Gasteiger charge is 2.37. The van der Waals surface area contributed by atoms with Crippen molar-refractivity contribution in [1.82, 2.24) is 4.98 Å². The number of carbonyl (C=O) groups is 1. The average molecular weight is 294 g/mol. The van der Waals surface area contributed by atoms with E-state index in [1.54, 1.807) is 0 Å². The molecule has 1 N–H and O–H groups in total. The number of nitrogens with zero attached hydrogens (tertiary/aromatic N) is 2. The lowest BCUT2D eigenvalue weighted by Crippen LogP contribution is -2.20. The van der Waals surface area contributed by atoms with Crippen molar-refractivity contribution >= 4 is 22.4 Å². The van der Waals surface area contributed by atoms with Gasteiger partial charge in [-0.15, -0.1) is 0 Å². The molecule has 3 unspecified atom stereocenters. The van der Waals surface area contributed by atoms with Crippen molar-refractivity contribution in [2.75, 3.05) is 18.0 Å². The van der Waals surface area contributed by atoms with Crippen molar-refractivity contribution in [2.24, 2.45) is 11.8 Å². The molecule has 0 radical (unpaired) electrons. The van der Waals surface area contributed by atoms with Gasteiger partial charge in [0.15, 0.2) is 5.13 Å². The van der Waals surface area contributed by atoms with Gasteiger partial charge in [-0.05, 0) is 37.0 Å². The van der Waals surface area contributed by atoms with Gasteiger partial charge in [-0.2, -0.15) is 0 Å². The quantitative estimate of drug-likeness (QED) is 0.922. The largest absolute Gasteiger partial charge is 0.477 e. The zero-order chi connectivity index (χ0) is 14.3. The SMILES string of the molecule is CCC(C)c1nc(N2CC3CCCC3C2)sc1C(=O)O. The molecule has 1 aliphatic heterocycles. The highest BCUT2D eigenvalue weighted by atomic mass is 32.1. The Bertz CT molecular complexity index is 502. The van der Waals surface area contributed by atoms with Crippen LogP contribution in [0.5, 0.6) is 0 Å². The summed E-state index contributed by atoms with van der Waals surface area (Å²) in [6.45, 7) is 6.27. The van der Waals surface area contributed by atoms with Crippen LogP contribution in [0.2, 0.25) is 0 Å². The van der Waals surface area contributed by atoms with E-state index in [0.29, 0.717) is 4.88 Å². The van der Waals surface area contributed by atoms with Gasteiger partial charge in [0.1, 0.15) is 4.88 Å². The summed E-state index contributed by atoms with van der Waals surface area (Å²) >= 11 is 1.36. The first-order chi connectivity index (χ1) is 9.60. The van der Waals surface area contributed by atoms with Crippen LogP contribution in [0.4, 0.5) is 5.13 Å². The van der Waals surface area contributed by atoms with E-state index in [0.717, 1.165) is 42.2 Å². The van der Waals surface area contributed by atoms with Gasteiger partial charge in [0.25, 0.3) is 0 Å². The second-order valence-corrected chi connectivity index (χ2v) is 7.16. The molecule has 1 aliphatic carbocycles. The van der Waals surface area contributed by atoms with Crippen LogP contribution in [-0.4, -0.2) is 29.1 Å². The number of hydrogen-bond donors (Lipinski definition) is 1. The van der Waals surface area contributed by atoms with Crippen molar-refractivity contribution in [3.05, 3.63) is 10.6 Å². The van der Waals surface area contributed by atoms with E-state index in [9.17, 15) is 9.90 Å². The van der Waals surface area contributed by atoms with Gasteiger partial charge in [0.2, 0.25) is 0 Å². The van der Waals surface area contributed by atoms with E-state index in [1.807, 2.05) is 0 Å². The first kappa shape index (κ1) is 13.9. The minimum Gasteiger partial charge on any atom is -0.477 e. The second-order valence-electron chi connectivity index (χ2n) is 6.18. The summed E-state index contributed by atoms with van der Waals surface area (Å²) in [6.07, 6.45) is 4.95. The molecule has 0 bridgehead atoms. The fourth-order valence-electron chi connectivity index (χ4n) is 3.53. The number of rotatable bonds is 4. The third-order valence-corrected chi connectivity index (χ3v) is 6.03. The highest BCUT2D eigenvalue weighted by molar-refractivity contribution is 7.17. The van der Waals surface area contributed by atoms with Crippen LogP contribution in [0.1, 0.15) is 60.8 Å². The summed E-state index contributed by atoms with van der Waals surface area (Å²) in [5.41, 5.74) is 0.775. The summed E-state index contributed by atoms with van der Waals surface area (Å²) in [7, 11) is 0. The maximum absolute atomic E-state index is 11.4. The highest BCUT2D eigenvalue weighted by Crippen LogP contribution is 2.41. The van der Waals surface area contributed by atoms with Crippen molar-refractivity contribution < 1.29 is 9.90 Å². The number of fused-ring (bicyclic) bond motifs is 1. The summed E-state index contributed by atoms with van der Waals surface area (Å²) in [6, 6.07) is 0. The molecule has 0 spiro atoms. The molecule has 2 fully saturated rings. The minimum atomic E-state index is -0.830. The maximum atomic E-state index is 11.4. The van der Waals surface area contributed by atoms with Gasteiger partial charge in [-0.3, -0.25) is 0 Å². The van der Waals surface area contributed by atoms with Gasteiger partial charge in [0, 0.05) is 13.1 Å². The predicted molar refractivity (Wildman–Crippen MR) is 80.8 cm³/mol. The van der Waals surface area contributed by atoms with Crippen LogP contribution < -0.4 is 4.90 Å². The Morgan fingerprint density at radius 2 is 2.10 bits per heavy atom. The Balaban J connectivity index is 1.85. The number of hydrogen-bond acceptors (Lipinski definition) is 4. The Morgan fingerprint density at radius 1 is 1.45 bits per heavy atom.